The standard InChI is InChI=1S/C10H16N4S2/c1-7-8-9(12(2)3)10(13(4)5)15-16-14(8)6-11-7/h6H,1-5H3. The van der Waals surface area contributed by atoms with Gasteiger partial charge in [-0.05, 0) is 17.7 Å². The third-order valence-electron chi connectivity index (χ3n) is 2.40. The van der Waals surface area contributed by atoms with Crippen molar-refractivity contribution in [2.45, 2.75) is 6.92 Å². The molecule has 2 rings (SSSR count). The Morgan fingerprint density at radius 3 is 2.44 bits per heavy atom. The molecule has 0 unspecified atom stereocenters. The van der Waals surface area contributed by atoms with E-state index in [-0.39, 0.29) is 0 Å². The van der Waals surface area contributed by atoms with Gasteiger partial charge in [0.25, 0.3) is 0 Å². The van der Waals surface area contributed by atoms with Crippen molar-refractivity contribution >= 4 is 27.5 Å². The van der Waals surface area contributed by atoms with E-state index in [4.69, 9.17) is 0 Å². The second-order valence-corrected chi connectivity index (χ2v) is 6.15. The van der Waals surface area contributed by atoms with E-state index in [9.17, 15) is 0 Å². The molecule has 0 aromatic carbocycles. The van der Waals surface area contributed by atoms with Crippen LogP contribution in [0.4, 0.5) is 0 Å². The van der Waals surface area contributed by atoms with Crippen LogP contribution in [0.5, 0.6) is 0 Å². The Morgan fingerprint density at radius 1 is 1.19 bits per heavy atom. The number of aromatic nitrogens is 2. The Bertz CT molecular complexity index is 434. The lowest BCUT2D eigenvalue weighted by Gasteiger charge is -2.29. The molecule has 88 valence electrons. The van der Waals surface area contributed by atoms with E-state index in [1.165, 1.54) is 16.4 Å². The summed E-state index contributed by atoms with van der Waals surface area (Å²) in [4.78, 5) is 8.69. The van der Waals surface area contributed by atoms with Crippen molar-refractivity contribution in [3.8, 4) is 0 Å². The predicted molar refractivity (Wildman–Crippen MR) is 71.8 cm³/mol. The largest absolute Gasteiger partial charge is 0.374 e. The van der Waals surface area contributed by atoms with Gasteiger partial charge in [0.05, 0.1) is 11.4 Å². The molecule has 16 heavy (non-hydrogen) atoms. The molecular formula is C10H16N4S2. The number of hydrogen-bond acceptors (Lipinski definition) is 5. The van der Waals surface area contributed by atoms with Gasteiger partial charge < -0.3 is 9.80 Å². The molecule has 0 N–H and O–H groups in total. The Labute approximate surface area is 104 Å². The summed E-state index contributed by atoms with van der Waals surface area (Å²) >= 11 is 0. The third kappa shape index (κ3) is 1.80. The minimum atomic E-state index is 1.08. The van der Waals surface area contributed by atoms with Crippen LogP contribution >= 0.6 is 21.8 Å². The minimum Gasteiger partial charge on any atom is -0.374 e. The first kappa shape index (κ1) is 11.7. The average molecular weight is 256 g/mol. The van der Waals surface area contributed by atoms with Crippen LogP contribution in [0, 0.1) is 6.92 Å². The molecule has 1 aromatic heterocycles. The van der Waals surface area contributed by atoms with Gasteiger partial charge >= 0.3 is 0 Å². The first-order valence-corrected chi connectivity index (χ1v) is 7.11. The fourth-order valence-corrected chi connectivity index (χ4v) is 4.17. The van der Waals surface area contributed by atoms with Crippen LogP contribution in [0.2, 0.25) is 0 Å². The van der Waals surface area contributed by atoms with Gasteiger partial charge in [-0.25, -0.2) is 4.98 Å². The second-order valence-electron chi connectivity index (χ2n) is 4.10. The summed E-state index contributed by atoms with van der Waals surface area (Å²) in [5.41, 5.74) is 3.53. The molecule has 0 atom stereocenters. The zero-order valence-corrected chi connectivity index (χ0v) is 11.8. The summed E-state index contributed by atoms with van der Waals surface area (Å²) < 4.78 is 2.13. The molecule has 0 radical (unpaired) electrons. The third-order valence-corrected chi connectivity index (χ3v) is 4.80. The summed E-state index contributed by atoms with van der Waals surface area (Å²) in [6.45, 7) is 2.05. The summed E-state index contributed by atoms with van der Waals surface area (Å²) in [7, 11) is 11.8. The van der Waals surface area contributed by atoms with Gasteiger partial charge in [0, 0.05) is 39.2 Å². The van der Waals surface area contributed by atoms with Crippen LogP contribution in [0.1, 0.15) is 11.4 Å². The maximum Gasteiger partial charge on any atom is 0.109 e. The molecule has 0 bridgehead atoms. The molecule has 0 fully saturated rings. The maximum absolute atomic E-state index is 4.37. The smallest absolute Gasteiger partial charge is 0.109 e. The molecule has 4 nitrogen and oxygen atoms in total. The van der Waals surface area contributed by atoms with Crippen molar-refractivity contribution in [2.75, 3.05) is 28.2 Å². The van der Waals surface area contributed by atoms with Crippen LogP contribution in [-0.4, -0.2) is 46.9 Å². The average Bonchev–Trinajstić information content (AvgIpc) is 2.59. The van der Waals surface area contributed by atoms with Crippen LogP contribution in [0.3, 0.4) is 0 Å². The fourth-order valence-electron chi connectivity index (χ4n) is 1.66. The monoisotopic (exact) mass is 256 g/mol. The highest BCUT2D eigenvalue weighted by Gasteiger charge is 2.25. The van der Waals surface area contributed by atoms with Gasteiger partial charge in [-0.2, -0.15) is 0 Å². The summed E-state index contributed by atoms with van der Waals surface area (Å²) in [6.07, 6.45) is 1.89. The molecule has 2 heterocycles. The van der Waals surface area contributed by atoms with Crippen LogP contribution in [0.25, 0.3) is 5.70 Å². The van der Waals surface area contributed by atoms with E-state index in [0.29, 0.717) is 0 Å². The highest BCUT2D eigenvalue weighted by Crippen LogP contribution is 2.44. The number of imidazole rings is 1. The Morgan fingerprint density at radius 2 is 1.88 bits per heavy atom. The quantitative estimate of drug-likeness (QED) is 0.754. The lowest BCUT2D eigenvalue weighted by atomic mass is 10.2. The molecule has 1 aliphatic rings. The zero-order chi connectivity index (χ0) is 11.9. The van der Waals surface area contributed by atoms with Gasteiger partial charge in [0.1, 0.15) is 17.1 Å². The highest BCUT2D eigenvalue weighted by atomic mass is 33.1. The minimum absolute atomic E-state index is 1.08. The topological polar surface area (TPSA) is 24.3 Å². The molecule has 1 aromatic rings. The molecule has 6 heteroatoms. The maximum atomic E-state index is 4.37. The van der Waals surface area contributed by atoms with Crippen molar-refractivity contribution < 1.29 is 0 Å². The van der Waals surface area contributed by atoms with Crippen molar-refractivity contribution in [3.05, 3.63) is 22.7 Å². The van der Waals surface area contributed by atoms with E-state index < -0.39 is 0 Å². The first-order valence-electron chi connectivity index (χ1n) is 5.00. The number of fused-ring (bicyclic) bond motifs is 1. The zero-order valence-electron chi connectivity index (χ0n) is 10.2. The Hall–Kier alpha value is -0.750. The predicted octanol–water partition coefficient (Wildman–Crippen LogP) is 2.10. The molecule has 0 aliphatic carbocycles. The molecule has 0 amide bonds. The second kappa shape index (κ2) is 4.25. The van der Waals surface area contributed by atoms with Gasteiger partial charge in [-0.3, -0.25) is 3.97 Å². The van der Waals surface area contributed by atoms with Crippen molar-refractivity contribution in [3.63, 3.8) is 0 Å². The lowest BCUT2D eigenvalue weighted by Crippen LogP contribution is -2.22. The molecule has 1 aliphatic heterocycles. The van der Waals surface area contributed by atoms with Crippen LogP contribution in [0.15, 0.2) is 11.4 Å². The number of aryl methyl sites for hydroxylation is 1. The summed E-state index contributed by atoms with van der Waals surface area (Å²) in [6, 6.07) is 0. The van der Waals surface area contributed by atoms with Gasteiger partial charge in [-0.1, -0.05) is 0 Å². The Balaban J connectivity index is 2.61. The number of hydrogen-bond donors (Lipinski definition) is 0. The van der Waals surface area contributed by atoms with E-state index in [2.05, 4.69) is 53.9 Å². The molecule has 0 saturated heterocycles. The number of rotatable bonds is 2. The normalized spacial score (nSPS) is 15.1. The fraction of sp³-hybridized carbons (Fsp3) is 0.500. The van der Waals surface area contributed by atoms with Crippen molar-refractivity contribution in [1.82, 2.24) is 18.8 Å². The highest BCUT2D eigenvalue weighted by molar-refractivity contribution is 8.77. The van der Waals surface area contributed by atoms with E-state index in [1.807, 2.05) is 6.33 Å². The molecule has 0 saturated carbocycles. The summed E-state index contributed by atoms with van der Waals surface area (Å²) in [5, 5.41) is 1.27. The number of nitrogens with zero attached hydrogens (tertiary/aromatic N) is 4. The first-order chi connectivity index (χ1) is 7.52. The lowest BCUT2D eigenvalue weighted by molar-refractivity contribution is 0.518. The van der Waals surface area contributed by atoms with Crippen molar-refractivity contribution in [1.29, 1.82) is 0 Å². The van der Waals surface area contributed by atoms with Crippen molar-refractivity contribution in [2.24, 2.45) is 0 Å². The summed E-state index contributed by atoms with van der Waals surface area (Å²) in [5.74, 6) is 0. The van der Waals surface area contributed by atoms with Gasteiger partial charge in [0.15, 0.2) is 0 Å². The van der Waals surface area contributed by atoms with E-state index in [1.54, 1.807) is 21.8 Å². The van der Waals surface area contributed by atoms with E-state index >= 15 is 0 Å². The molecule has 0 spiro atoms. The van der Waals surface area contributed by atoms with Gasteiger partial charge in [-0.15, -0.1) is 0 Å². The van der Waals surface area contributed by atoms with Gasteiger partial charge in [0.2, 0.25) is 0 Å². The van der Waals surface area contributed by atoms with Crippen LogP contribution in [-0.2, 0) is 0 Å². The SMILES string of the molecule is Cc1ncn2c1C(N(C)C)=C(N(C)C)SS2. The van der Waals surface area contributed by atoms with E-state index in [0.717, 1.165) is 5.69 Å². The Kier molecular flexibility index (Phi) is 3.12. The van der Waals surface area contributed by atoms with Crippen LogP contribution < -0.4 is 0 Å². The molecular weight excluding hydrogens is 240 g/mol.